The van der Waals surface area contributed by atoms with E-state index in [0.717, 1.165) is 19.4 Å². The molecule has 0 amide bonds. The molecule has 1 heterocycles. The van der Waals surface area contributed by atoms with Gasteiger partial charge in [0.2, 0.25) is 0 Å². The van der Waals surface area contributed by atoms with Crippen LogP contribution in [0.4, 0.5) is 0 Å². The predicted molar refractivity (Wildman–Crippen MR) is 94.0 cm³/mol. The quantitative estimate of drug-likeness (QED) is 0.450. The topological polar surface area (TPSA) is 52.5 Å². The molecule has 0 spiro atoms. The number of aliphatic hydroxyl groups excluding tert-OH is 2. The van der Waals surface area contributed by atoms with Crippen molar-refractivity contribution in [1.29, 1.82) is 0 Å². The number of unbranched alkanes of at least 4 members (excludes halogenated alkanes) is 10. The highest BCUT2D eigenvalue weighted by Gasteiger charge is 2.35. The van der Waals surface area contributed by atoms with Gasteiger partial charge in [-0.3, -0.25) is 0 Å². The molecular weight excluding hydrogens is 274 g/mol. The Morgan fingerprint density at radius 1 is 0.909 bits per heavy atom. The van der Waals surface area contributed by atoms with E-state index in [-0.39, 0.29) is 24.2 Å². The van der Waals surface area contributed by atoms with Crippen molar-refractivity contribution in [2.45, 2.75) is 109 Å². The fourth-order valence-corrected chi connectivity index (χ4v) is 3.53. The van der Waals surface area contributed by atoms with E-state index in [1.165, 1.54) is 64.2 Å². The number of aliphatic hydroxyl groups is 2. The highest BCUT2D eigenvalue weighted by atomic mass is 16.3. The molecular formula is C19H39NO2. The van der Waals surface area contributed by atoms with Gasteiger partial charge in [-0.2, -0.15) is 0 Å². The molecule has 1 aliphatic rings. The molecule has 3 heteroatoms. The molecule has 4 atom stereocenters. The summed E-state index contributed by atoms with van der Waals surface area (Å²) >= 11 is 0. The van der Waals surface area contributed by atoms with E-state index >= 15 is 0 Å². The van der Waals surface area contributed by atoms with Gasteiger partial charge in [-0.05, 0) is 13.3 Å². The Morgan fingerprint density at radius 2 is 1.41 bits per heavy atom. The average molecular weight is 314 g/mol. The van der Waals surface area contributed by atoms with E-state index in [1.54, 1.807) is 0 Å². The summed E-state index contributed by atoms with van der Waals surface area (Å²) < 4.78 is 0. The van der Waals surface area contributed by atoms with Crippen molar-refractivity contribution in [3.05, 3.63) is 0 Å². The Morgan fingerprint density at radius 3 is 1.86 bits per heavy atom. The molecule has 1 fully saturated rings. The molecule has 0 radical (unpaired) electrons. The summed E-state index contributed by atoms with van der Waals surface area (Å²) in [4.78, 5) is 0. The summed E-state index contributed by atoms with van der Waals surface area (Å²) in [6, 6.07) is 0.122. The summed E-state index contributed by atoms with van der Waals surface area (Å²) in [5.41, 5.74) is 0. The first-order valence-corrected chi connectivity index (χ1v) is 9.76. The molecule has 22 heavy (non-hydrogen) atoms. The molecule has 0 aromatic heterocycles. The molecule has 0 unspecified atom stereocenters. The van der Waals surface area contributed by atoms with Crippen LogP contribution in [0.25, 0.3) is 0 Å². The zero-order valence-electron chi connectivity index (χ0n) is 14.9. The van der Waals surface area contributed by atoms with Crippen LogP contribution in [0, 0.1) is 5.92 Å². The maximum absolute atomic E-state index is 10.2. The lowest BCUT2D eigenvalue weighted by molar-refractivity contribution is 0.0264. The van der Waals surface area contributed by atoms with Crippen LogP contribution in [0.3, 0.4) is 0 Å². The van der Waals surface area contributed by atoms with Gasteiger partial charge in [0.1, 0.15) is 0 Å². The highest BCUT2D eigenvalue weighted by Crippen LogP contribution is 2.22. The minimum Gasteiger partial charge on any atom is -0.393 e. The van der Waals surface area contributed by atoms with Gasteiger partial charge in [-0.1, -0.05) is 77.6 Å². The van der Waals surface area contributed by atoms with Crippen LogP contribution in [0.1, 0.15) is 90.9 Å². The monoisotopic (exact) mass is 313 g/mol. The molecule has 132 valence electrons. The Balaban J connectivity index is 1.87. The first kappa shape index (κ1) is 19.9. The van der Waals surface area contributed by atoms with Crippen molar-refractivity contribution in [3.8, 4) is 0 Å². The Hall–Kier alpha value is -0.120. The number of hydrogen-bond donors (Lipinski definition) is 3. The van der Waals surface area contributed by atoms with Crippen LogP contribution >= 0.6 is 0 Å². The molecule has 3 N–H and O–H groups in total. The SMILES string of the molecule is CCCCCCCCCCCCC[C@H](O)[C@@H]1CN[C@@H](C)[C@H]1O. The highest BCUT2D eigenvalue weighted by molar-refractivity contribution is 4.91. The van der Waals surface area contributed by atoms with E-state index in [4.69, 9.17) is 0 Å². The lowest BCUT2D eigenvalue weighted by Crippen LogP contribution is -2.33. The average Bonchev–Trinajstić information content (AvgIpc) is 2.84. The third kappa shape index (κ3) is 7.94. The fourth-order valence-electron chi connectivity index (χ4n) is 3.53. The van der Waals surface area contributed by atoms with Gasteiger partial charge in [0.05, 0.1) is 12.2 Å². The fraction of sp³-hybridized carbons (Fsp3) is 1.00. The van der Waals surface area contributed by atoms with Gasteiger partial charge >= 0.3 is 0 Å². The van der Waals surface area contributed by atoms with Crippen LogP contribution in [0.2, 0.25) is 0 Å². The first-order valence-electron chi connectivity index (χ1n) is 9.76. The largest absolute Gasteiger partial charge is 0.393 e. The van der Waals surface area contributed by atoms with Crippen molar-refractivity contribution in [2.24, 2.45) is 5.92 Å². The van der Waals surface area contributed by atoms with Crippen LogP contribution in [-0.4, -0.2) is 35.0 Å². The van der Waals surface area contributed by atoms with Crippen molar-refractivity contribution >= 4 is 0 Å². The third-order valence-electron chi connectivity index (χ3n) is 5.22. The van der Waals surface area contributed by atoms with Crippen LogP contribution in [-0.2, 0) is 0 Å². The summed E-state index contributed by atoms with van der Waals surface area (Å²) in [6.07, 6.45) is 14.8. The number of hydrogen-bond acceptors (Lipinski definition) is 3. The lowest BCUT2D eigenvalue weighted by atomic mass is 9.92. The zero-order valence-corrected chi connectivity index (χ0v) is 14.9. The van der Waals surface area contributed by atoms with E-state index in [2.05, 4.69) is 12.2 Å². The van der Waals surface area contributed by atoms with Gasteiger partial charge in [-0.15, -0.1) is 0 Å². The number of rotatable bonds is 13. The molecule has 0 aliphatic carbocycles. The van der Waals surface area contributed by atoms with Crippen molar-refractivity contribution in [3.63, 3.8) is 0 Å². The van der Waals surface area contributed by atoms with Crippen molar-refractivity contribution in [1.82, 2.24) is 5.32 Å². The second kappa shape index (κ2) is 12.3. The smallest absolute Gasteiger partial charge is 0.0755 e. The van der Waals surface area contributed by atoms with Gasteiger partial charge in [0.15, 0.2) is 0 Å². The van der Waals surface area contributed by atoms with E-state index < -0.39 is 0 Å². The van der Waals surface area contributed by atoms with Crippen LogP contribution < -0.4 is 5.32 Å². The molecule has 1 rings (SSSR count). The molecule has 0 bridgehead atoms. The zero-order chi connectivity index (χ0) is 16.2. The van der Waals surface area contributed by atoms with E-state index in [1.807, 2.05) is 6.92 Å². The Kier molecular flexibility index (Phi) is 11.2. The minimum absolute atomic E-state index is 0.0260. The predicted octanol–water partition coefficient (Wildman–Crippen LogP) is 4.02. The van der Waals surface area contributed by atoms with Gasteiger partial charge < -0.3 is 15.5 Å². The van der Waals surface area contributed by atoms with Gasteiger partial charge in [-0.25, -0.2) is 0 Å². The summed E-state index contributed by atoms with van der Waals surface area (Å²) in [5, 5.41) is 23.4. The molecule has 0 aromatic rings. The van der Waals surface area contributed by atoms with Crippen molar-refractivity contribution < 1.29 is 10.2 Å². The normalized spacial score (nSPS) is 26.5. The number of nitrogens with one attached hydrogen (secondary N) is 1. The van der Waals surface area contributed by atoms with Crippen LogP contribution in [0.15, 0.2) is 0 Å². The molecule has 1 aliphatic heterocycles. The first-order chi connectivity index (χ1) is 10.7. The second-order valence-corrected chi connectivity index (χ2v) is 7.24. The Labute approximate surface area is 137 Å². The van der Waals surface area contributed by atoms with Crippen molar-refractivity contribution in [2.75, 3.05) is 6.54 Å². The summed E-state index contributed by atoms with van der Waals surface area (Å²) in [6.45, 7) is 5.00. The van der Waals surface area contributed by atoms with E-state index in [9.17, 15) is 10.2 Å². The molecule has 3 nitrogen and oxygen atoms in total. The molecule has 0 aromatic carbocycles. The standard InChI is InChI=1S/C19H39NO2/c1-3-4-5-6-7-8-9-10-11-12-13-14-18(21)17-15-20-16(2)19(17)22/h16-22H,3-15H2,1-2H3/t16-,17-,18-,19+/m0/s1. The third-order valence-corrected chi connectivity index (χ3v) is 5.22. The van der Waals surface area contributed by atoms with Crippen LogP contribution in [0.5, 0.6) is 0 Å². The maximum Gasteiger partial charge on any atom is 0.0755 e. The lowest BCUT2D eigenvalue weighted by Gasteiger charge is -2.21. The van der Waals surface area contributed by atoms with Gasteiger partial charge in [0, 0.05) is 18.5 Å². The molecule has 1 saturated heterocycles. The summed E-state index contributed by atoms with van der Waals surface area (Å²) in [7, 11) is 0. The van der Waals surface area contributed by atoms with E-state index in [0.29, 0.717) is 0 Å². The minimum atomic E-state index is -0.386. The summed E-state index contributed by atoms with van der Waals surface area (Å²) in [5.74, 6) is 0.0260. The maximum atomic E-state index is 10.2. The molecule has 0 saturated carbocycles. The Bertz CT molecular complexity index is 260. The van der Waals surface area contributed by atoms with Gasteiger partial charge in [0.25, 0.3) is 0 Å². The second-order valence-electron chi connectivity index (χ2n) is 7.24.